The smallest absolute Gasteiger partial charge is 0.254 e. The number of anilines is 2. The Labute approximate surface area is 142 Å². The fourth-order valence-corrected chi connectivity index (χ4v) is 3.70. The van der Waals surface area contributed by atoms with Gasteiger partial charge in [0.25, 0.3) is 5.91 Å². The molecule has 1 heterocycles. The zero-order chi connectivity index (χ0) is 17.2. The lowest BCUT2D eigenvalue weighted by Crippen LogP contribution is -2.33. The first-order valence-corrected chi connectivity index (χ1v) is 8.85. The minimum atomic E-state index is -0.522. The van der Waals surface area contributed by atoms with Gasteiger partial charge in [-0.05, 0) is 45.4 Å². The summed E-state index contributed by atoms with van der Waals surface area (Å²) in [5.74, 6) is 0.497. The van der Waals surface area contributed by atoms with Crippen LogP contribution < -0.4 is 16.4 Å². The van der Waals surface area contributed by atoms with Crippen LogP contribution in [0.15, 0.2) is 6.20 Å². The maximum Gasteiger partial charge on any atom is 0.254 e. The fraction of sp³-hybridized carbons (Fsp3) is 0.706. The van der Waals surface area contributed by atoms with Gasteiger partial charge in [0.05, 0.1) is 11.7 Å². The van der Waals surface area contributed by atoms with Crippen LogP contribution in [-0.4, -0.2) is 38.7 Å². The van der Waals surface area contributed by atoms with E-state index in [1.54, 1.807) is 0 Å². The van der Waals surface area contributed by atoms with E-state index in [0.29, 0.717) is 17.3 Å². The van der Waals surface area contributed by atoms with Crippen molar-refractivity contribution in [3.8, 4) is 0 Å². The third-order valence-corrected chi connectivity index (χ3v) is 5.21. The van der Waals surface area contributed by atoms with Crippen LogP contribution in [-0.2, 0) is 0 Å². The van der Waals surface area contributed by atoms with Crippen LogP contribution in [0.25, 0.3) is 0 Å². The van der Waals surface area contributed by atoms with E-state index in [1.807, 2.05) is 0 Å². The summed E-state index contributed by atoms with van der Waals surface area (Å²) in [4.78, 5) is 20.5. The summed E-state index contributed by atoms with van der Waals surface area (Å²) in [6.07, 6.45) is 9.13. The largest absolute Gasteiger partial charge is 0.393 e. The molecule has 0 spiro atoms. The van der Waals surface area contributed by atoms with Crippen LogP contribution in [0, 0.1) is 0 Å². The molecule has 2 fully saturated rings. The number of rotatable bonds is 5. The molecule has 0 atom stereocenters. The summed E-state index contributed by atoms with van der Waals surface area (Å²) in [7, 11) is 0. The van der Waals surface area contributed by atoms with Crippen molar-refractivity contribution >= 4 is 17.7 Å². The molecule has 2 aliphatic carbocycles. The molecule has 1 aromatic rings. The molecular weight excluding hydrogens is 306 g/mol. The fourth-order valence-electron chi connectivity index (χ4n) is 3.70. The molecule has 132 valence electrons. The predicted molar refractivity (Wildman–Crippen MR) is 92.9 cm³/mol. The average Bonchev–Trinajstić information content (AvgIpc) is 2.96. The summed E-state index contributed by atoms with van der Waals surface area (Å²) < 4.78 is 0. The lowest BCUT2D eigenvalue weighted by molar-refractivity contribution is 0.1000. The zero-order valence-electron chi connectivity index (χ0n) is 14.2. The van der Waals surface area contributed by atoms with Gasteiger partial charge in [-0.2, -0.15) is 4.98 Å². The molecule has 3 rings (SSSR count). The molecule has 0 aromatic carbocycles. The van der Waals surface area contributed by atoms with Gasteiger partial charge in [-0.1, -0.05) is 12.8 Å². The SMILES string of the molecule is CC1(Nc2nc(N[C@H]3CC[C@H](O)CC3)ncc2C(N)=O)CCCC1. The zero-order valence-corrected chi connectivity index (χ0v) is 14.2. The Morgan fingerprint density at radius 3 is 2.58 bits per heavy atom. The highest BCUT2D eigenvalue weighted by Crippen LogP contribution is 2.33. The number of carbonyl (C=O) groups is 1. The Morgan fingerprint density at radius 1 is 1.29 bits per heavy atom. The average molecular weight is 333 g/mol. The standard InChI is InChI=1S/C17H27N5O2/c1-17(8-2-3-9-17)22-15-13(14(18)24)10-19-16(21-15)20-11-4-6-12(23)7-5-11/h10-12,23H,2-9H2,1H3,(H2,18,24)(H2,19,20,21,22)/t11-,12-. The Morgan fingerprint density at radius 2 is 1.96 bits per heavy atom. The molecule has 2 saturated carbocycles. The maximum absolute atomic E-state index is 11.7. The van der Waals surface area contributed by atoms with Gasteiger partial charge >= 0.3 is 0 Å². The highest BCUT2D eigenvalue weighted by Gasteiger charge is 2.30. The number of amides is 1. The van der Waals surface area contributed by atoms with Crippen LogP contribution in [0.3, 0.4) is 0 Å². The minimum absolute atomic E-state index is 0.0508. The van der Waals surface area contributed by atoms with Crippen molar-refractivity contribution in [3.05, 3.63) is 11.8 Å². The lowest BCUT2D eigenvalue weighted by Gasteiger charge is -2.28. The second kappa shape index (κ2) is 6.93. The number of nitrogens with two attached hydrogens (primary N) is 1. The molecule has 0 unspecified atom stereocenters. The summed E-state index contributed by atoms with van der Waals surface area (Å²) in [5.41, 5.74) is 5.75. The topological polar surface area (TPSA) is 113 Å². The first kappa shape index (κ1) is 17.0. The van der Waals surface area contributed by atoms with Gasteiger partial charge in [0.15, 0.2) is 0 Å². The van der Waals surface area contributed by atoms with Gasteiger partial charge in [0, 0.05) is 17.8 Å². The number of aliphatic hydroxyl groups is 1. The lowest BCUT2D eigenvalue weighted by atomic mass is 9.93. The van der Waals surface area contributed by atoms with Gasteiger partial charge in [-0.3, -0.25) is 4.79 Å². The van der Waals surface area contributed by atoms with E-state index in [2.05, 4.69) is 27.5 Å². The van der Waals surface area contributed by atoms with E-state index < -0.39 is 5.91 Å². The van der Waals surface area contributed by atoms with E-state index in [0.717, 1.165) is 38.5 Å². The number of nitrogens with zero attached hydrogens (tertiary/aromatic N) is 2. The number of aromatic nitrogens is 2. The van der Waals surface area contributed by atoms with Crippen molar-refractivity contribution < 1.29 is 9.90 Å². The van der Waals surface area contributed by atoms with Gasteiger partial charge in [-0.15, -0.1) is 0 Å². The van der Waals surface area contributed by atoms with Crippen LogP contribution in [0.4, 0.5) is 11.8 Å². The second-order valence-electron chi connectivity index (χ2n) is 7.36. The highest BCUT2D eigenvalue weighted by atomic mass is 16.3. The van der Waals surface area contributed by atoms with Crippen LogP contribution in [0.1, 0.15) is 68.6 Å². The molecule has 0 saturated heterocycles. The van der Waals surface area contributed by atoms with Crippen molar-refractivity contribution in [1.29, 1.82) is 0 Å². The molecule has 0 radical (unpaired) electrons. The molecule has 7 nitrogen and oxygen atoms in total. The summed E-state index contributed by atoms with van der Waals surface area (Å²) in [6.45, 7) is 2.16. The summed E-state index contributed by atoms with van der Waals surface area (Å²) >= 11 is 0. The Kier molecular flexibility index (Phi) is 4.89. The highest BCUT2D eigenvalue weighted by molar-refractivity contribution is 5.97. The number of nitrogens with one attached hydrogen (secondary N) is 2. The van der Waals surface area contributed by atoms with E-state index in [1.165, 1.54) is 19.0 Å². The molecule has 7 heteroatoms. The second-order valence-corrected chi connectivity index (χ2v) is 7.36. The van der Waals surface area contributed by atoms with E-state index >= 15 is 0 Å². The van der Waals surface area contributed by atoms with Gasteiger partial charge in [-0.25, -0.2) is 4.98 Å². The third kappa shape index (κ3) is 3.95. The van der Waals surface area contributed by atoms with Crippen LogP contribution >= 0.6 is 0 Å². The molecule has 2 aliphatic rings. The van der Waals surface area contributed by atoms with E-state index in [-0.39, 0.29) is 17.7 Å². The van der Waals surface area contributed by atoms with Crippen molar-refractivity contribution in [2.24, 2.45) is 5.73 Å². The number of primary amides is 1. The monoisotopic (exact) mass is 333 g/mol. The first-order valence-electron chi connectivity index (χ1n) is 8.85. The molecule has 0 aliphatic heterocycles. The molecule has 1 aromatic heterocycles. The quantitative estimate of drug-likeness (QED) is 0.656. The van der Waals surface area contributed by atoms with Crippen LogP contribution in [0.5, 0.6) is 0 Å². The molecule has 24 heavy (non-hydrogen) atoms. The Balaban J connectivity index is 1.76. The number of carbonyl (C=O) groups excluding carboxylic acids is 1. The van der Waals surface area contributed by atoms with Gasteiger partial charge < -0.3 is 21.5 Å². The number of aliphatic hydroxyl groups excluding tert-OH is 1. The van der Waals surface area contributed by atoms with Gasteiger partial charge in [0.1, 0.15) is 5.82 Å². The molecule has 5 N–H and O–H groups in total. The van der Waals surface area contributed by atoms with Crippen molar-refractivity contribution in [1.82, 2.24) is 9.97 Å². The number of hydrogen-bond acceptors (Lipinski definition) is 6. The first-order chi connectivity index (χ1) is 11.5. The molecule has 0 bridgehead atoms. The van der Waals surface area contributed by atoms with E-state index in [9.17, 15) is 9.90 Å². The van der Waals surface area contributed by atoms with Crippen molar-refractivity contribution in [2.75, 3.05) is 10.6 Å². The van der Waals surface area contributed by atoms with Crippen LogP contribution in [0.2, 0.25) is 0 Å². The van der Waals surface area contributed by atoms with Gasteiger partial charge in [0.2, 0.25) is 5.95 Å². The van der Waals surface area contributed by atoms with Crippen molar-refractivity contribution in [2.45, 2.75) is 76.0 Å². The summed E-state index contributed by atoms with van der Waals surface area (Å²) in [6, 6.07) is 0.253. The Bertz CT molecular complexity index is 593. The predicted octanol–water partition coefficient (Wildman–Crippen LogP) is 2.04. The molecule has 1 amide bonds. The molecular formula is C17H27N5O2. The Hall–Kier alpha value is -1.89. The summed E-state index contributed by atoms with van der Waals surface area (Å²) in [5, 5.41) is 16.3. The normalized spacial score (nSPS) is 26.1. The van der Waals surface area contributed by atoms with E-state index in [4.69, 9.17) is 5.73 Å². The minimum Gasteiger partial charge on any atom is -0.393 e. The number of hydrogen-bond donors (Lipinski definition) is 4. The third-order valence-electron chi connectivity index (χ3n) is 5.21. The maximum atomic E-state index is 11.7. The van der Waals surface area contributed by atoms with Crippen molar-refractivity contribution in [3.63, 3.8) is 0 Å².